The quantitative estimate of drug-likeness (QED) is 0.329. The van der Waals surface area contributed by atoms with Crippen LogP contribution >= 0.6 is 22.9 Å². The molecule has 0 fully saturated rings. The normalized spacial score (nSPS) is 11.6. The molecule has 0 saturated heterocycles. The summed E-state index contributed by atoms with van der Waals surface area (Å²) in [6.45, 7) is 2.01. The van der Waals surface area contributed by atoms with Crippen molar-refractivity contribution in [3.05, 3.63) is 96.3 Å². The average molecular weight is 526 g/mol. The van der Waals surface area contributed by atoms with Gasteiger partial charge >= 0.3 is 11.9 Å². The van der Waals surface area contributed by atoms with Crippen LogP contribution in [0.5, 0.6) is 5.88 Å². The first-order valence-electron chi connectivity index (χ1n) is 10.0. The maximum Gasteiger partial charge on any atom is 0.431 e. The van der Waals surface area contributed by atoms with Crippen molar-refractivity contribution in [2.75, 3.05) is 0 Å². The zero-order chi connectivity index (χ0) is 25.5. The fourth-order valence-electron chi connectivity index (χ4n) is 3.35. The van der Waals surface area contributed by atoms with E-state index in [-0.39, 0.29) is 27.8 Å². The van der Waals surface area contributed by atoms with Crippen LogP contribution in [0.3, 0.4) is 0 Å². The molecule has 2 heterocycles. The van der Waals surface area contributed by atoms with E-state index in [0.29, 0.717) is 20.3 Å². The molecule has 0 unspecified atom stereocenters. The Labute approximate surface area is 204 Å². The van der Waals surface area contributed by atoms with Gasteiger partial charge in [-0.3, -0.25) is 9.36 Å². The van der Waals surface area contributed by atoms with Crippen molar-refractivity contribution in [1.29, 1.82) is 0 Å². The van der Waals surface area contributed by atoms with E-state index in [1.54, 1.807) is 6.92 Å². The van der Waals surface area contributed by atoms with Crippen molar-refractivity contribution < 1.29 is 22.3 Å². The van der Waals surface area contributed by atoms with Gasteiger partial charge < -0.3 is 4.74 Å². The Morgan fingerprint density at radius 1 is 1.11 bits per heavy atom. The van der Waals surface area contributed by atoms with Crippen LogP contribution in [0, 0.1) is 12.7 Å². The molecular formula is C23H16ClF4N3O3S. The molecule has 0 spiro atoms. The maximum atomic E-state index is 14.8. The SMILES string of the molecule is Cc1sc(-c2cc(-n3c(=O)cc(C(F)(F)F)n(C)c3=O)c(F)cc2Cl)nc1OCc1ccccc1. The molecule has 0 aliphatic heterocycles. The van der Waals surface area contributed by atoms with Crippen LogP contribution in [0.15, 0.2) is 58.1 Å². The lowest BCUT2D eigenvalue weighted by Crippen LogP contribution is -2.41. The Morgan fingerprint density at radius 3 is 2.46 bits per heavy atom. The van der Waals surface area contributed by atoms with Gasteiger partial charge in [-0.25, -0.2) is 18.7 Å². The molecule has 0 radical (unpaired) electrons. The molecule has 0 saturated carbocycles. The molecule has 0 amide bonds. The van der Waals surface area contributed by atoms with Gasteiger partial charge in [-0.1, -0.05) is 41.9 Å². The summed E-state index contributed by atoms with van der Waals surface area (Å²) in [5.41, 5.74) is -3.60. The van der Waals surface area contributed by atoms with Crippen molar-refractivity contribution in [3.63, 3.8) is 0 Å². The second kappa shape index (κ2) is 9.31. The number of thiazole rings is 1. The highest BCUT2D eigenvalue weighted by Gasteiger charge is 2.35. The van der Waals surface area contributed by atoms with Gasteiger partial charge in [0.2, 0.25) is 5.88 Å². The second-order valence-corrected chi connectivity index (χ2v) is 9.09. The maximum absolute atomic E-state index is 14.8. The third-order valence-corrected chi connectivity index (χ3v) is 6.39. The Balaban J connectivity index is 1.77. The third kappa shape index (κ3) is 4.87. The molecule has 2 aromatic carbocycles. The first-order valence-corrected chi connectivity index (χ1v) is 11.2. The molecular weight excluding hydrogens is 510 g/mol. The summed E-state index contributed by atoms with van der Waals surface area (Å²) in [4.78, 5) is 30.1. The topological polar surface area (TPSA) is 66.1 Å². The average Bonchev–Trinajstić information content (AvgIpc) is 3.16. The number of hydrogen-bond donors (Lipinski definition) is 0. The van der Waals surface area contributed by atoms with E-state index in [1.165, 1.54) is 11.3 Å². The molecule has 35 heavy (non-hydrogen) atoms. The summed E-state index contributed by atoms with van der Waals surface area (Å²) >= 11 is 7.40. The smallest absolute Gasteiger partial charge is 0.431 e. The number of ether oxygens (including phenoxy) is 1. The molecule has 0 aliphatic rings. The molecule has 6 nitrogen and oxygen atoms in total. The van der Waals surface area contributed by atoms with E-state index in [4.69, 9.17) is 16.3 Å². The number of benzene rings is 2. The number of nitrogens with zero attached hydrogens (tertiary/aromatic N) is 3. The van der Waals surface area contributed by atoms with Crippen LogP contribution in [0.1, 0.15) is 16.1 Å². The van der Waals surface area contributed by atoms with E-state index in [9.17, 15) is 27.2 Å². The molecule has 0 atom stereocenters. The lowest BCUT2D eigenvalue weighted by atomic mass is 10.2. The number of hydrogen-bond acceptors (Lipinski definition) is 5. The summed E-state index contributed by atoms with van der Waals surface area (Å²) in [6, 6.07) is 11.6. The minimum atomic E-state index is -4.94. The summed E-state index contributed by atoms with van der Waals surface area (Å²) in [5.74, 6) is -0.745. The van der Waals surface area contributed by atoms with Crippen molar-refractivity contribution in [2.45, 2.75) is 19.7 Å². The molecule has 2 aromatic heterocycles. The number of aromatic nitrogens is 3. The zero-order valence-electron chi connectivity index (χ0n) is 18.2. The first kappa shape index (κ1) is 24.7. The largest absolute Gasteiger partial charge is 0.472 e. The molecule has 0 bridgehead atoms. The summed E-state index contributed by atoms with van der Waals surface area (Å²) in [7, 11) is 0.844. The van der Waals surface area contributed by atoms with E-state index < -0.39 is 34.6 Å². The summed E-state index contributed by atoms with van der Waals surface area (Å²) < 4.78 is 60.6. The van der Waals surface area contributed by atoms with Gasteiger partial charge in [0, 0.05) is 18.7 Å². The molecule has 0 aliphatic carbocycles. The van der Waals surface area contributed by atoms with Crippen LogP contribution in [0.2, 0.25) is 5.02 Å². The van der Waals surface area contributed by atoms with Crippen molar-refractivity contribution in [1.82, 2.24) is 14.1 Å². The summed E-state index contributed by atoms with van der Waals surface area (Å²) in [6.07, 6.45) is -4.94. The van der Waals surface area contributed by atoms with Gasteiger partial charge in [0.05, 0.1) is 15.6 Å². The Hall–Kier alpha value is -3.44. The zero-order valence-corrected chi connectivity index (χ0v) is 19.8. The Kier molecular flexibility index (Phi) is 6.56. The molecule has 0 N–H and O–H groups in total. The van der Waals surface area contributed by atoms with Gasteiger partial charge in [0.1, 0.15) is 23.1 Å². The lowest BCUT2D eigenvalue weighted by molar-refractivity contribution is -0.144. The van der Waals surface area contributed by atoms with Gasteiger partial charge in [-0.05, 0) is 24.6 Å². The minimum Gasteiger partial charge on any atom is -0.472 e. The monoisotopic (exact) mass is 525 g/mol. The standard InChI is InChI=1S/C23H16ClF4N3O3S/c1-12-20(34-11-13-6-4-3-5-7-13)29-21(35-12)14-8-17(16(25)9-15(14)24)31-19(32)10-18(23(26,27)28)30(2)22(31)33/h3-10H,11H2,1-2H3. The fraction of sp³-hybridized carbons (Fsp3) is 0.174. The molecule has 12 heteroatoms. The van der Waals surface area contributed by atoms with Crippen LogP contribution in [-0.2, 0) is 19.8 Å². The van der Waals surface area contributed by atoms with Crippen molar-refractivity contribution in [2.24, 2.45) is 7.05 Å². The van der Waals surface area contributed by atoms with E-state index in [2.05, 4.69) is 4.98 Å². The van der Waals surface area contributed by atoms with Gasteiger partial charge in [0.25, 0.3) is 5.56 Å². The number of rotatable bonds is 5. The van der Waals surface area contributed by atoms with Crippen LogP contribution in [-0.4, -0.2) is 14.1 Å². The third-order valence-electron chi connectivity index (χ3n) is 5.09. The highest BCUT2D eigenvalue weighted by molar-refractivity contribution is 7.15. The number of aryl methyl sites for hydroxylation is 1. The predicted octanol–water partition coefficient (Wildman–Crippen LogP) is 5.36. The van der Waals surface area contributed by atoms with Crippen molar-refractivity contribution in [3.8, 4) is 22.1 Å². The molecule has 182 valence electrons. The van der Waals surface area contributed by atoms with Crippen molar-refractivity contribution >= 4 is 22.9 Å². The highest BCUT2D eigenvalue weighted by atomic mass is 35.5. The van der Waals surface area contributed by atoms with Gasteiger partial charge in [-0.2, -0.15) is 13.2 Å². The van der Waals surface area contributed by atoms with Gasteiger partial charge in [-0.15, -0.1) is 11.3 Å². The van der Waals surface area contributed by atoms with Crippen LogP contribution < -0.4 is 16.0 Å². The highest BCUT2D eigenvalue weighted by Crippen LogP contribution is 2.37. The van der Waals surface area contributed by atoms with Crippen LogP contribution in [0.4, 0.5) is 17.6 Å². The number of alkyl halides is 3. The van der Waals surface area contributed by atoms with E-state index in [1.807, 2.05) is 30.3 Å². The van der Waals surface area contributed by atoms with Crippen LogP contribution in [0.25, 0.3) is 16.3 Å². The summed E-state index contributed by atoms with van der Waals surface area (Å²) in [5, 5.41) is 0.250. The molecule has 4 aromatic rings. The lowest BCUT2D eigenvalue weighted by Gasteiger charge is -2.15. The van der Waals surface area contributed by atoms with E-state index >= 15 is 0 Å². The minimum absolute atomic E-state index is 0.0635. The Bertz CT molecular complexity index is 1530. The molecule has 4 rings (SSSR count). The fourth-order valence-corrected chi connectivity index (χ4v) is 4.53. The second-order valence-electron chi connectivity index (χ2n) is 7.48. The first-order chi connectivity index (χ1) is 16.5. The Morgan fingerprint density at radius 2 is 1.80 bits per heavy atom. The van der Waals surface area contributed by atoms with Gasteiger partial charge in [0.15, 0.2) is 0 Å². The predicted molar refractivity (Wildman–Crippen MR) is 124 cm³/mol. The number of halogens is 5. The van der Waals surface area contributed by atoms with E-state index in [0.717, 1.165) is 24.7 Å².